The molecular weight excluding hydrogens is 448 g/mol. The van der Waals surface area contributed by atoms with Gasteiger partial charge in [-0.15, -0.1) is 11.3 Å². The summed E-state index contributed by atoms with van der Waals surface area (Å²) in [6, 6.07) is 21.3. The van der Waals surface area contributed by atoms with Crippen molar-refractivity contribution in [3.05, 3.63) is 88.7 Å². The zero-order chi connectivity index (χ0) is 23.9. The van der Waals surface area contributed by atoms with Crippen LogP contribution in [0.15, 0.2) is 78.3 Å². The molecule has 0 saturated heterocycles. The normalized spacial score (nSPS) is 10.8. The molecule has 0 unspecified atom stereocenters. The van der Waals surface area contributed by atoms with E-state index in [1.54, 1.807) is 13.2 Å². The van der Waals surface area contributed by atoms with E-state index < -0.39 is 0 Å². The lowest BCUT2D eigenvalue weighted by Gasteiger charge is -2.21. The van der Waals surface area contributed by atoms with E-state index in [2.05, 4.69) is 10.3 Å². The summed E-state index contributed by atoms with van der Waals surface area (Å²) in [6.45, 7) is 2.55. The Morgan fingerprint density at radius 2 is 1.82 bits per heavy atom. The number of ether oxygens (including phenoxy) is 1. The number of benzene rings is 2. The molecule has 0 aliphatic heterocycles. The molecule has 2 aromatic carbocycles. The minimum absolute atomic E-state index is 0.110. The summed E-state index contributed by atoms with van der Waals surface area (Å²) in [6.07, 6.45) is 1.90. The molecule has 0 bridgehead atoms. The number of thiophene rings is 1. The van der Waals surface area contributed by atoms with Gasteiger partial charge < -0.3 is 9.64 Å². The highest BCUT2D eigenvalue weighted by atomic mass is 32.1. The van der Waals surface area contributed by atoms with Gasteiger partial charge in [0.1, 0.15) is 6.54 Å². The second kappa shape index (κ2) is 10.9. The summed E-state index contributed by atoms with van der Waals surface area (Å²) in [7, 11) is 1.57. The number of methoxy groups -OCH3 is 1. The van der Waals surface area contributed by atoms with Crippen LogP contribution in [-0.4, -0.2) is 53.1 Å². The second-order valence-electron chi connectivity index (χ2n) is 7.77. The Morgan fingerprint density at radius 3 is 2.50 bits per heavy atom. The fraction of sp³-hybridized carbons (Fsp3) is 0.192. The third-order valence-corrected chi connectivity index (χ3v) is 6.12. The first-order chi connectivity index (χ1) is 16.5. The number of nitrogens with zero attached hydrogens (tertiary/aromatic N) is 3. The Kier molecular flexibility index (Phi) is 7.51. The molecule has 0 saturated carbocycles. The molecule has 7 nitrogen and oxygen atoms in total. The average Bonchev–Trinajstić information content (AvgIpc) is 3.53. The number of aromatic nitrogens is 2. The van der Waals surface area contributed by atoms with Gasteiger partial charge in [0.2, 0.25) is 11.9 Å². The van der Waals surface area contributed by atoms with E-state index >= 15 is 0 Å². The topological polar surface area (TPSA) is 76.5 Å². The largest absolute Gasteiger partial charge is 0.383 e. The van der Waals surface area contributed by atoms with Gasteiger partial charge in [0.25, 0.3) is 5.91 Å². The van der Waals surface area contributed by atoms with Crippen LogP contribution in [0.25, 0.3) is 16.9 Å². The Bertz CT molecular complexity index is 1240. The summed E-state index contributed by atoms with van der Waals surface area (Å²) >= 11 is 1.35. The SMILES string of the molecule is COCCN(CC(=O)Nc1nc(-c2ccccc2)cn1-c1ccc(C)cc1)C(=O)c1cccs1. The molecule has 0 aliphatic rings. The van der Waals surface area contributed by atoms with Crippen LogP contribution < -0.4 is 5.32 Å². The number of aryl methyl sites for hydroxylation is 1. The zero-order valence-electron chi connectivity index (χ0n) is 19.1. The molecule has 0 radical (unpaired) electrons. The van der Waals surface area contributed by atoms with Crippen LogP contribution >= 0.6 is 11.3 Å². The molecule has 4 aromatic rings. The molecular formula is C26H26N4O3S. The van der Waals surface area contributed by atoms with Crippen molar-refractivity contribution in [3.63, 3.8) is 0 Å². The number of amides is 2. The fourth-order valence-electron chi connectivity index (χ4n) is 3.47. The fourth-order valence-corrected chi connectivity index (χ4v) is 4.16. The standard InChI is InChI=1S/C26H26N4O3S/c1-19-10-12-21(13-11-19)30-17-22(20-7-4-3-5-8-20)27-26(30)28-24(31)18-29(14-15-33-2)25(32)23-9-6-16-34-23/h3-13,16-17H,14-15,18H2,1-2H3,(H,27,28,31). The van der Waals surface area contributed by atoms with E-state index in [-0.39, 0.29) is 18.4 Å². The zero-order valence-corrected chi connectivity index (χ0v) is 19.9. The molecule has 34 heavy (non-hydrogen) atoms. The molecule has 2 aromatic heterocycles. The number of hydrogen-bond acceptors (Lipinski definition) is 5. The third-order valence-electron chi connectivity index (χ3n) is 5.26. The van der Waals surface area contributed by atoms with Crippen molar-refractivity contribution in [3.8, 4) is 16.9 Å². The van der Waals surface area contributed by atoms with Crippen molar-refractivity contribution >= 4 is 29.1 Å². The minimum atomic E-state index is -0.334. The molecule has 0 aliphatic carbocycles. The summed E-state index contributed by atoms with van der Waals surface area (Å²) in [5.74, 6) is -0.142. The maximum absolute atomic E-state index is 13.0. The molecule has 0 atom stereocenters. The minimum Gasteiger partial charge on any atom is -0.383 e. The number of carbonyl (C=O) groups is 2. The lowest BCUT2D eigenvalue weighted by atomic mass is 10.2. The van der Waals surface area contributed by atoms with Crippen LogP contribution in [0.5, 0.6) is 0 Å². The van der Waals surface area contributed by atoms with Gasteiger partial charge in [0.15, 0.2) is 0 Å². The smallest absolute Gasteiger partial charge is 0.264 e. The van der Waals surface area contributed by atoms with Crippen LogP contribution in [0.1, 0.15) is 15.2 Å². The van der Waals surface area contributed by atoms with Crippen LogP contribution in [0.3, 0.4) is 0 Å². The van der Waals surface area contributed by atoms with Crippen LogP contribution in [0.2, 0.25) is 0 Å². The predicted octanol–water partition coefficient (Wildman–Crippen LogP) is 4.64. The highest BCUT2D eigenvalue weighted by molar-refractivity contribution is 7.12. The van der Waals surface area contributed by atoms with Crippen molar-refractivity contribution in [2.75, 3.05) is 32.1 Å². The number of nitrogens with one attached hydrogen (secondary N) is 1. The first-order valence-corrected chi connectivity index (χ1v) is 11.8. The Morgan fingerprint density at radius 1 is 1.06 bits per heavy atom. The quantitative estimate of drug-likeness (QED) is 0.384. The maximum atomic E-state index is 13.0. The van der Waals surface area contributed by atoms with E-state index in [0.717, 1.165) is 22.5 Å². The Balaban J connectivity index is 1.59. The number of imidazole rings is 1. The van der Waals surface area contributed by atoms with Gasteiger partial charge in [0, 0.05) is 31.1 Å². The number of anilines is 1. The van der Waals surface area contributed by atoms with Crippen molar-refractivity contribution in [1.82, 2.24) is 14.5 Å². The molecule has 2 amide bonds. The molecule has 174 valence electrons. The Labute approximate surface area is 202 Å². The van der Waals surface area contributed by atoms with Gasteiger partial charge in [-0.3, -0.25) is 19.5 Å². The number of hydrogen-bond donors (Lipinski definition) is 1. The molecule has 4 rings (SSSR count). The predicted molar refractivity (Wildman–Crippen MR) is 134 cm³/mol. The number of rotatable bonds is 9. The lowest BCUT2D eigenvalue weighted by molar-refractivity contribution is -0.117. The monoisotopic (exact) mass is 474 g/mol. The maximum Gasteiger partial charge on any atom is 0.264 e. The summed E-state index contributed by atoms with van der Waals surface area (Å²) < 4.78 is 6.99. The molecule has 0 spiro atoms. The van der Waals surface area contributed by atoms with Crippen molar-refractivity contribution < 1.29 is 14.3 Å². The van der Waals surface area contributed by atoms with Crippen molar-refractivity contribution in [2.24, 2.45) is 0 Å². The van der Waals surface area contributed by atoms with E-state index in [0.29, 0.717) is 24.0 Å². The van der Waals surface area contributed by atoms with Crippen molar-refractivity contribution in [1.29, 1.82) is 0 Å². The highest BCUT2D eigenvalue weighted by Gasteiger charge is 2.21. The van der Waals surface area contributed by atoms with E-state index in [1.807, 2.05) is 83.7 Å². The first kappa shape index (κ1) is 23.4. The molecule has 0 fully saturated rings. The van der Waals surface area contributed by atoms with Gasteiger partial charge in [0.05, 0.1) is 17.2 Å². The summed E-state index contributed by atoms with van der Waals surface area (Å²) in [5.41, 5.74) is 3.70. The first-order valence-electron chi connectivity index (χ1n) is 10.9. The highest BCUT2D eigenvalue weighted by Crippen LogP contribution is 2.24. The van der Waals surface area contributed by atoms with Crippen LogP contribution in [-0.2, 0) is 9.53 Å². The van der Waals surface area contributed by atoms with Crippen LogP contribution in [0.4, 0.5) is 5.95 Å². The van der Waals surface area contributed by atoms with Gasteiger partial charge in [-0.2, -0.15) is 0 Å². The van der Waals surface area contributed by atoms with Crippen LogP contribution in [0, 0.1) is 6.92 Å². The summed E-state index contributed by atoms with van der Waals surface area (Å²) in [4.78, 5) is 32.7. The molecule has 2 heterocycles. The average molecular weight is 475 g/mol. The van der Waals surface area contributed by atoms with E-state index in [9.17, 15) is 9.59 Å². The van der Waals surface area contributed by atoms with E-state index in [1.165, 1.54) is 16.2 Å². The molecule has 1 N–H and O–H groups in total. The summed E-state index contributed by atoms with van der Waals surface area (Å²) in [5, 5.41) is 4.74. The van der Waals surface area contributed by atoms with Crippen molar-refractivity contribution in [2.45, 2.75) is 6.92 Å². The van der Waals surface area contributed by atoms with E-state index in [4.69, 9.17) is 4.74 Å². The lowest BCUT2D eigenvalue weighted by Crippen LogP contribution is -2.40. The Hall–Kier alpha value is -3.75. The van der Waals surface area contributed by atoms with Gasteiger partial charge in [-0.1, -0.05) is 54.1 Å². The second-order valence-corrected chi connectivity index (χ2v) is 8.71. The van der Waals surface area contributed by atoms with Gasteiger partial charge in [-0.25, -0.2) is 4.98 Å². The number of carbonyl (C=O) groups excluding carboxylic acids is 2. The third kappa shape index (κ3) is 5.59. The van der Waals surface area contributed by atoms with Gasteiger partial charge >= 0.3 is 0 Å². The van der Waals surface area contributed by atoms with Gasteiger partial charge in [-0.05, 0) is 30.5 Å². The molecule has 8 heteroatoms.